The van der Waals surface area contributed by atoms with Gasteiger partial charge in [-0.1, -0.05) is 0 Å². The Bertz CT molecular complexity index is 535. The van der Waals surface area contributed by atoms with Gasteiger partial charge in [-0.15, -0.1) is 0 Å². The lowest BCUT2D eigenvalue weighted by atomic mass is 10.1. The Morgan fingerprint density at radius 2 is 2.25 bits per heavy atom. The first-order valence-corrected chi connectivity index (χ1v) is 4.85. The minimum Gasteiger partial charge on any atom is -0.481 e. The summed E-state index contributed by atoms with van der Waals surface area (Å²) in [6, 6.07) is -0.545. The largest absolute Gasteiger partial charge is 0.481 e. The minimum absolute atomic E-state index is 0.110. The average molecular weight is 220 g/mol. The van der Waals surface area contributed by atoms with Crippen LogP contribution in [0.4, 0.5) is 0 Å². The van der Waals surface area contributed by atoms with Gasteiger partial charge in [0.15, 0.2) is 0 Å². The lowest BCUT2D eigenvalue weighted by molar-refractivity contribution is -0.137. The molecule has 0 fully saturated rings. The predicted octanol–water partition coefficient (Wildman–Crippen LogP) is 0.512. The van der Waals surface area contributed by atoms with E-state index in [1.165, 1.54) is 0 Å². The molecule has 6 nitrogen and oxygen atoms in total. The van der Waals surface area contributed by atoms with Crippen molar-refractivity contribution in [3.8, 4) is 0 Å². The second-order valence-corrected chi connectivity index (χ2v) is 3.66. The van der Waals surface area contributed by atoms with Gasteiger partial charge in [-0.3, -0.25) is 9.20 Å². The van der Waals surface area contributed by atoms with Crippen molar-refractivity contribution in [2.75, 3.05) is 0 Å². The molecule has 0 aromatic carbocycles. The number of aromatic nitrogens is 3. The van der Waals surface area contributed by atoms with Gasteiger partial charge in [0.25, 0.3) is 0 Å². The van der Waals surface area contributed by atoms with Gasteiger partial charge in [-0.05, 0) is 6.92 Å². The van der Waals surface area contributed by atoms with Gasteiger partial charge < -0.3 is 10.8 Å². The maximum Gasteiger partial charge on any atom is 0.305 e. The van der Waals surface area contributed by atoms with Crippen LogP contribution < -0.4 is 5.73 Å². The summed E-state index contributed by atoms with van der Waals surface area (Å²) >= 11 is 0. The summed E-state index contributed by atoms with van der Waals surface area (Å²) in [7, 11) is 0. The Balaban J connectivity index is 2.38. The molecule has 2 aromatic heterocycles. The molecule has 2 heterocycles. The standard InChI is InChI=1S/C10H12N4O2/c1-6-3-12-10-13-4-7(5-14(6)10)8(11)2-9(15)16/h3-5,8H,2,11H2,1H3,(H,15,16). The van der Waals surface area contributed by atoms with Crippen molar-refractivity contribution in [1.29, 1.82) is 0 Å². The molecule has 0 saturated carbocycles. The molecule has 1 atom stereocenters. The van der Waals surface area contributed by atoms with Crippen molar-refractivity contribution in [2.24, 2.45) is 5.73 Å². The summed E-state index contributed by atoms with van der Waals surface area (Å²) in [5, 5.41) is 8.65. The van der Waals surface area contributed by atoms with E-state index < -0.39 is 12.0 Å². The van der Waals surface area contributed by atoms with Crippen molar-refractivity contribution in [1.82, 2.24) is 14.4 Å². The van der Waals surface area contributed by atoms with Gasteiger partial charge in [0.05, 0.1) is 12.6 Å². The summed E-state index contributed by atoms with van der Waals surface area (Å²) in [6.07, 6.45) is 4.93. The number of carboxylic acid groups (broad SMARTS) is 1. The second kappa shape index (κ2) is 3.90. The van der Waals surface area contributed by atoms with E-state index in [1.807, 2.05) is 6.92 Å². The number of carboxylic acids is 1. The third kappa shape index (κ3) is 1.87. The van der Waals surface area contributed by atoms with Crippen LogP contribution in [0, 0.1) is 6.92 Å². The number of nitrogens with two attached hydrogens (primary N) is 1. The topological polar surface area (TPSA) is 93.5 Å². The molecule has 0 bridgehead atoms. The Morgan fingerprint density at radius 3 is 2.94 bits per heavy atom. The van der Waals surface area contributed by atoms with E-state index in [2.05, 4.69) is 9.97 Å². The number of rotatable bonds is 3. The van der Waals surface area contributed by atoms with Crippen LogP contribution in [0.5, 0.6) is 0 Å². The normalized spacial score (nSPS) is 12.9. The lowest BCUT2D eigenvalue weighted by Crippen LogP contribution is -2.16. The first-order chi connectivity index (χ1) is 7.58. The molecule has 2 rings (SSSR count). The number of aryl methyl sites for hydroxylation is 1. The van der Waals surface area contributed by atoms with E-state index >= 15 is 0 Å². The Morgan fingerprint density at radius 1 is 1.56 bits per heavy atom. The van der Waals surface area contributed by atoms with Crippen molar-refractivity contribution in [3.05, 3.63) is 29.8 Å². The summed E-state index contributed by atoms with van der Waals surface area (Å²) < 4.78 is 1.79. The van der Waals surface area contributed by atoms with E-state index in [1.54, 1.807) is 23.0 Å². The van der Waals surface area contributed by atoms with Crippen molar-refractivity contribution >= 4 is 11.7 Å². The predicted molar refractivity (Wildman–Crippen MR) is 56.9 cm³/mol. The molecule has 0 amide bonds. The fourth-order valence-corrected chi connectivity index (χ4v) is 1.50. The molecule has 0 aliphatic heterocycles. The monoisotopic (exact) mass is 220 g/mol. The van der Waals surface area contributed by atoms with Crippen molar-refractivity contribution in [2.45, 2.75) is 19.4 Å². The summed E-state index contributed by atoms with van der Waals surface area (Å²) in [5.74, 6) is -0.335. The first kappa shape index (κ1) is 10.6. The summed E-state index contributed by atoms with van der Waals surface area (Å²) in [5.41, 5.74) is 7.38. The molecule has 2 aromatic rings. The number of imidazole rings is 1. The molecular formula is C10H12N4O2. The highest BCUT2D eigenvalue weighted by Crippen LogP contribution is 2.14. The van der Waals surface area contributed by atoms with Gasteiger partial charge in [0, 0.05) is 29.7 Å². The maximum atomic E-state index is 10.5. The van der Waals surface area contributed by atoms with Crippen LogP contribution in [0.3, 0.4) is 0 Å². The second-order valence-electron chi connectivity index (χ2n) is 3.66. The fourth-order valence-electron chi connectivity index (χ4n) is 1.50. The number of fused-ring (bicyclic) bond motifs is 1. The third-order valence-electron chi connectivity index (χ3n) is 2.39. The van der Waals surface area contributed by atoms with Crippen LogP contribution in [0.2, 0.25) is 0 Å². The quantitative estimate of drug-likeness (QED) is 0.786. The molecular weight excluding hydrogens is 208 g/mol. The van der Waals surface area contributed by atoms with Crippen molar-refractivity contribution < 1.29 is 9.90 Å². The van der Waals surface area contributed by atoms with Gasteiger partial charge in [-0.2, -0.15) is 0 Å². The van der Waals surface area contributed by atoms with Gasteiger partial charge >= 0.3 is 5.97 Å². The molecule has 16 heavy (non-hydrogen) atoms. The smallest absolute Gasteiger partial charge is 0.305 e. The summed E-state index contributed by atoms with van der Waals surface area (Å²) in [6.45, 7) is 1.90. The van der Waals surface area contributed by atoms with Crippen LogP contribution in [0.25, 0.3) is 5.78 Å². The molecule has 0 radical (unpaired) electrons. The molecule has 0 aliphatic carbocycles. The zero-order valence-electron chi connectivity index (χ0n) is 8.79. The SMILES string of the molecule is Cc1cnc2ncc(C(N)CC(=O)O)cn12. The molecule has 1 unspecified atom stereocenters. The maximum absolute atomic E-state index is 10.5. The van der Waals surface area contributed by atoms with Crippen LogP contribution in [-0.2, 0) is 4.79 Å². The first-order valence-electron chi connectivity index (χ1n) is 4.85. The van der Waals surface area contributed by atoms with Crippen LogP contribution in [-0.4, -0.2) is 25.4 Å². The molecule has 0 aliphatic rings. The molecule has 6 heteroatoms. The Hall–Kier alpha value is -1.95. The number of carbonyl (C=O) groups is 1. The van der Waals surface area contributed by atoms with Crippen molar-refractivity contribution in [3.63, 3.8) is 0 Å². The van der Waals surface area contributed by atoms with Crippen LogP contribution in [0.1, 0.15) is 23.7 Å². The minimum atomic E-state index is -0.921. The van der Waals surface area contributed by atoms with Gasteiger partial charge in [0.1, 0.15) is 0 Å². The van der Waals surface area contributed by atoms with Gasteiger partial charge in [-0.25, -0.2) is 9.97 Å². The van der Waals surface area contributed by atoms with Crippen LogP contribution in [0.15, 0.2) is 18.6 Å². The lowest BCUT2D eigenvalue weighted by Gasteiger charge is -2.09. The van der Waals surface area contributed by atoms with E-state index in [0.29, 0.717) is 11.3 Å². The number of hydrogen-bond donors (Lipinski definition) is 2. The third-order valence-corrected chi connectivity index (χ3v) is 2.39. The average Bonchev–Trinajstić information content (AvgIpc) is 2.59. The summed E-state index contributed by atoms with van der Waals surface area (Å²) in [4.78, 5) is 18.7. The fraction of sp³-hybridized carbons (Fsp3) is 0.300. The zero-order valence-corrected chi connectivity index (χ0v) is 8.79. The molecule has 0 saturated heterocycles. The molecule has 3 N–H and O–H groups in total. The number of hydrogen-bond acceptors (Lipinski definition) is 4. The number of nitrogens with zero attached hydrogens (tertiary/aromatic N) is 3. The van der Waals surface area contributed by atoms with Crippen LogP contribution >= 0.6 is 0 Å². The van der Waals surface area contributed by atoms with Gasteiger partial charge in [0.2, 0.25) is 5.78 Å². The Labute approximate surface area is 91.7 Å². The highest BCUT2D eigenvalue weighted by molar-refractivity contribution is 5.67. The highest BCUT2D eigenvalue weighted by Gasteiger charge is 2.12. The molecule has 84 valence electrons. The number of aliphatic carboxylic acids is 1. The van der Waals surface area contributed by atoms with E-state index in [0.717, 1.165) is 5.69 Å². The highest BCUT2D eigenvalue weighted by atomic mass is 16.4. The van der Waals surface area contributed by atoms with E-state index in [-0.39, 0.29) is 6.42 Å². The molecule has 0 spiro atoms. The van der Waals surface area contributed by atoms with E-state index in [9.17, 15) is 4.79 Å². The van der Waals surface area contributed by atoms with E-state index in [4.69, 9.17) is 10.8 Å². The zero-order chi connectivity index (χ0) is 11.7. The Kier molecular flexibility index (Phi) is 2.57.